The zero-order chi connectivity index (χ0) is 15.0. The summed E-state index contributed by atoms with van der Waals surface area (Å²) in [6, 6.07) is 2.20. The van der Waals surface area contributed by atoms with Gasteiger partial charge in [-0.25, -0.2) is 9.59 Å². The van der Waals surface area contributed by atoms with Crippen LogP contribution in [0, 0.1) is 0 Å². The quantitative estimate of drug-likeness (QED) is 0.571. The zero-order valence-corrected chi connectivity index (χ0v) is 11.0. The van der Waals surface area contributed by atoms with Gasteiger partial charge in [-0.1, -0.05) is 0 Å². The number of hydrogen-bond acceptors (Lipinski definition) is 4. The molecular formula is C12H16N4O4. The third-order valence-electron chi connectivity index (χ3n) is 2.28. The van der Waals surface area contributed by atoms with Gasteiger partial charge in [0.15, 0.2) is 0 Å². The van der Waals surface area contributed by atoms with Crippen molar-refractivity contribution >= 4 is 17.9 Å². The maximum Gasteiger partial charge on any atom is 0.335 e. The first-order valence-corrected chi connectivity index (χ1v) is 5.99. The smallest absolute Gasteiger partial charge is 0.335 e. The molecule has 0 aromatic carbocycles. The number of amides is 3. The summed E-state index contributed by atoms with van der Waals surface area (Å²) in [6.45, 7) is 2.22. The molecule has 0 atom stereocenters. The molecule has 4 N–H and O–H groups in total. The highest BCUT2D eigenvalue weighted by Gasteiger charge is 2.06. The Morgan fingerprint density at radius 2 is 2.00 bits per heavy atom. The Morgan fingerprint density at radius 3 is 2.65 bits per heavy atom. The first-order valence-electron chi connectivity index (χ1n) is 5.99. The number of nitrogens with one attached hydrogen (secondary N) is 3. The highest BCUT2D eigenvalue weighted by atomic mass is 16.4. The second-order valence-corrected chi connectivity index (χ2v) is 3.83. The van der Waals surface area contributed by atoms with Gasteiger partial charge in [-0.15, -0.1) is 0 Å². The fourth-order valence-corrected chi connectivity index (χ4v) is 1.36. The molecule has 3 amide bonds. The maximum atomic E-state index is 11.4. The average Bonchev–Trinajstić information content (AvgIpc) is 2.43. The number of carboxylic acid groups (broad SMARTS) is 1. The first-order chi connectivity index (χ1) is 9.52. The fourth-order valence-electron chi connectivity index (χ4n) is 1.36. The largest absolute Gasteiger partial charge is 0.478 e. The van der Waals surface area contributed by atoms with Crippen LogP contribution >= 0.6 is 0 Å². The standard InChI is InChI=1S/C12H16N4O4/c1-2-13-10(17)7-16-12(20)15-6-9-5-8(11(18)19)3-4-14-9/h3-5H,2,6-7H2,1H3,(H,13,17)(H,18,19)(H2,15,16,20). The van der Waals surface area contributed by atoms with Gasteiger partial charge in [0.05, 0.1) is 24.3 Å². The van der Waals surface area contributed by atoms with Gasteiger partial charge in [-0.05, 0) is 19.1 Å². The summed E-state index contributed by atoms with van der Waals surface area (Å²) in [4.78, 5) is 37.2. The van der Waals surface area contributed by atoms with Crippen molar-refractivity contribution in [2.45, 2.75) is 13.5 Å². The number of nitrogens with zero attached hydrogens (tertiary/aromatic N) is 1. The zero-order valence-electron chi connectivity index (χ0n) is 11.0. The number of likely N-dealkylation sites (N-methyl/N-ethyl adjacent to an activating group) is 1. The normalized spacial score (nSPS) is 9.65. The lowest BCUT2D eigenvalue weighted by Gasteiger charge is -2.07. The van der Waals surface area contributed by atoms with Crippen molar-refractivity contribution in [3.05, 3.63) is 29.6 Å². The third-order valence-corrected chi connectivity index (χ3v) is 2.28. The minimum absolute atomic E-state index is 0.0718. The highest BCUT2D eigenvalue weighted by molar-refractivity contribution is 5.87. The van der Waals surface area contributed by atoms with E-state index in [4.69, 9.17) is 5.11 Å². The second kappa shape index (κ2) is 7.72. The number of urea groups is 1. The second-order valence-electron chi connectivity index (χ2n) is 3.83. The Morgan fingerprint density at radius 1 is 1.25 bits per heavy atom. The van der Waals surface area contributed by atoms with E-state index in [0.29, 0.717) is 12.2 Å². The predicted molar refractivity (Wildman–Crippen MR) is 70.1 cm³/mol. The van der Waals surface area contributed by atoms with E-state index in [1.807, 2.05) is 0 Å². The van der Waals surface area contributed by atoms with Gasteiger partial charge in [0.2, 0.25) is 5.91 Å². The average molecular weight is 280 g/mol. The molecule has 0 spiro atoms. The molecule has 1 rings (SSSR count). The van der Waals surface area contributed by atoms with E-state index in [1.165, 1.54) is 18.3 Å². The number of carboxylic acids is 1. The van der Waals surface area contributed by atoms with Crippen molar-refractivity contribution in [3.63, 3.8) is 0 Å². The molecule has 0 fully saturated rings. The fraction of sp³-hybridized carbons (Fsp3) is 0.333. The summed E-state index contributed by atoms with van der Waals surface area (Å²) >= 11 is 0. The summed E-state index contributed by atoms with van der Waals surface area (Å²) < 4.78 is 0. The van der Waals surface area contributed by atoms with Gasteiger partial charge < -0.3 is 21.1 Å². The number of carbonyl (C=O) groups is 3. The van der Waals surface area contributed by atoms with Gasteiger partial charge in [0, 0.05) is 12.7 Å². The number of aromatic nitrogens is 1. The van der Waals surface area contributed by atoms with E-state index in [0.717, 1.165) is 0 Å². The number of carbonyl (C=O) groups excluding carboxylic acids is 2. The molecule has 108 valence electrons. The topological polar surface area (TPSA) is 120 Å². The van der Waals surface area contributed by atoms with E-state index >= 15 is 0 Å². The van der Waals surface area contributed by atoms with Crippen LogP contribution in [0.3, 0.4) is 0 Å². The van der Waals surface area contributed by atoms with Gasteiger partial charge in [-0.2, -0.15) is 0 Å². The van der Waals surface area contributed by atoms with Crippen LogP contribution in [0.1, 0.15) is 23.0 Å². The molecule has 8 nitrogen and oxygen atoms in total. The number of pyridine rings is 1. The number of rotatable bonds is 6. The van der Waals surface area contributed by atoms with E-state index < -0.39 is 12.0 Å². The van der Waals surface area contributed by atoms with Crippen molar-refractivity contribution in [3.8, 4) is 0 Å². The van der Waals surface area contributed by atoms with Crippen LogP contribution < -0.4 is 16.0 Å². The molecule has 0 aliphatic heterocycles. The Hall–Kier alpha value is -2.64. The lowest BCUT2D eigenvalue weighted by molar-refractivity contribution is -0.119. The van der Waals surface area contributed by atoms with Crippen molar-refractivity contribution in [2.75, 3.05) is 13.1 Å². The van der Waals surface area contributed by atoms with Crippen LogP contribution in [0.5, 0.6) is 0 Å². The summed E-state index contributed by atoms with van der Waals surface area (Å²) in [5.74, 6) is -1.34. The third kappa shape index (κ3) is 5.34. The molecular weight excluding hydrogens is 264 g/mol. The molecule has 1 aromatic rings. The molecule has 1 aromatic heterocycles. The molecule has 0 aliphatic rings. The van der Waals surface area contributed by atoms with E-state index in [2.05, 4.69) is 20.9 Å². The summed E-state index contributed by atoms with van der Waals surface area (Å²) in [7, 11) is 0. The van der Waals surface area contributed by atoms with Crippen molar-refractivity contribution in [1.82, 2.24) is 20.9 Å². The maximum absolute atomic E-state index is 11.4. The predicted octanol–water partition coefficient (Wildman–Crippen LogP) is -0.285. The SMILES string of the molecule is CCNC(=O)CNC(=O)NCc1cc(C(=O)O)ccn1. The van der Waals surface area contributed by atoms with Crippen LogP contribution in [-0.4, -0.2) is 41.1 Å². The van der Waals surface area contributed by atoms with Crippen LogP contribution in [-0.2, 0) is 11.3 Å². The molecule has 0 bridgehead atoms. The molecule has 0 saturated heterocycles. The molecule has 0 radical (unpaired) electrons. The van der Waals surface area contributed by atoms with Crippen molar-refractivity contribution in [1.29, 1.82) is 0 Å². The van der Waals surface area contributed by atoms with E-state index in [-0.39, 0.29) is 24.6 Å². The molecule has 0 unspecified atom stereocenters. The highest BCUT2D eigenvalue weighted by Crippen LogP contribution is 2.01. The number of aromatic carboxylic acids is 1. The van der Waals surface area contributed by atoms with Crippen LogP contribution in [0.25, 0.3) is 0 Å². The summed E-state index contributed by atoms with van der Waals surface area (Å²) in [6.07, 6.45) is 1.35. The van der Waals surface area contributed by atoms with Gasteiger partial charge >= 0.3 is 12.0 Å². The minimum Gasteiger partial charge on any atom is -0.478 e. The Labute approximate surface area is 115 Å². The lowest BCUT2D eigenvalue weighted by Crippen LogP contribution is -2.41. The molecule has 1 heterocycles. The van der Waals surface area contributed by atoms with Crippen molar-refractivity contribution < 1.29 is 19.5 Å². The monoisotopic (exact) mass is 280 g/mol. The van der Waals surface area contributed by atoms with Crippen LogP contribution in [0.4, 0.5) is 4.79 Å². The first kappa shape index (κ1) is 15.4. The Balaban J connectivity index is 2.39. The van der Waals surface area contributed by atoms with E-state index in [1.54, 1.807) is 6.92 Å². The van der Waals surface area contributed by atoms with Gasteiger partial charge in [-0.3, -0.25) is 9.78 Å². The molecule has 0 saturated carbocycles. The minimum atomic E-state index is -1.06. The summed E-state index contributed by atoms with van der Waals surface area (Å²) in [5, 5.41) is 16.2. The molecule has 8 heteroatoms. The summed E-state index contributed by atoms with van der Waals surface area (Å²) in [5.41, 5.74) is 0.512. The van der Waals surface area contributed by atoms with Gasteiger partial charge in [0.25, 0.3) is 0 Å². The lowest BCUT2D eigenvalue weighted by atomic mass is 10.2. The van der Waals surface area contributed by atoms with Crippen LogP contribution in [0.15, 0.2) is 18.3 Å². The van der Waals surface area contributed by atoms with Gasteiger partial charge in [0.1, 0.15) is 0 Å². The molecule has 0 aliphatic carbocycles. The van der Waals surface area contributed by atoms with E-state index in [9.17, 15) is 14.4 Å². The Kier molecular flexibility index (Phi) is 5.95. The Bertz CT molecular complexity index is 504. The number of hydrogen-bond donors (Lipinski definition) is 4. The van der Waals surface area contributed by atoms with Crippen LogP contribution in [0.2, 0.25) is 0 Å². The van der Waals surface area contributed by atoms with Crippen molar-refractivity contribution in [2.24, 2.45) is 0 Å². The molecule has 20 heavy (non-hydrogen) atoms.